The molecule has 2 aromatic rings. The lowest BCUT2D eigenvalue weighted by Gasteiger charge is -2.36. The van der Waals surface area contributed by atoms with Crippen LogP contribution in [-0.2, 0) is 22.9 Å². The van der Waals surface area contributed by atoms with Crippen LogP contribution in [0.4, 0.5) is 0 Å². The smallest absolute Gasteiger partial charge is 0.191 e. The summed E-state index contributed by atoms with van der Waals surface area (Å²) < 4.78 is 6.30. The second kappa shape index (κ2) is 8.75. The molecule has 0 spiro atoms. The first-order chi connectivity index (χ1) is 13.6. The Balaban J connectivity index is 1.57. The van der Waals surface area contributed by atoms with Crippen LogP contribution in [0.1, 0.15) is 68.7 Å². The Bertz CT molecular complexity index is 807. The van der Waals surface area contributed by atoms with Gasteiger partial charge in [0.05, 0.1) is 5.60 Å². The Morgan fingerprint density at radius 2 is 1.72 bits per heavy atom. The van der Waals surface area contributed by atoms with Gasteiger partial charge in [0.15, 0.2) is 8.32 Å². The van der Waals surface area contributed by atoms with Crippen molar-refractivity contribution in [2.45, 2.75) is 83.0 Å². The van der Waals surface area contributed by atoms with Crippen molar-refractivity contribution in [1.29, 1.82) is 0 Å². The highest BCUT2D eigenvalue weighted by molar-refractivity contribution is 6.74. The second-order valence-electron chi connectivity index (χ2n) is 10.3. The Kier molecular flexibility index (Phi) is 6.72. The summed E-state index contributed by atoms with van der Waals surface area (Å²) in [7, 11) is -1.67. The summed E-state index contributed by atoms with van der Waals surface area (Å²) in [6.45, 7) is 12.3. The number of rotatable bonds is 8. The van der Waals surface area contributed by atoms with Crippen molar-refractivity contribution in [2.75, 3.05) is 6.61 Å². The average molecular weight is 411 g/mol. The van der Waals surface area contributed by atoms with Gasteiger partial charge in [-0.25, -0.2) is 0 Å². The maximum atomic E-state index is 11.4. The fourth-order valence-corrected chi connectivity index (χ4v) is 5.10. The van der Waals surface area contributed by atoms with Crippen LogP contribution in [0, 0.1) is 0 Å². The zero-order valence-electron chi connectivity index (χ0n) is 18.9. The lowest BCUT2D eigenvalue weighted by atomic mass is 9.88. The summed E-state index contributed by atoms with van der Waals surface area (Å²) in [6, 6.07) is 17.3. The molecular weight excluding hydrogens is 372 g/mol. The summed E-state index contributed by atoms with van der Waals surface area (Å²) in [5.74, 6) is 0. The number of aliphatic hydroxyl groups is 1. The van der Waals surface area contributed by atoms with Crippen LogP contribution >= 0.6 is 0 Å². The Hall–Kier alpha value is -1.42. The fourth-order valence-electron chi connectivity index (χ4n) is 4.02. The highest BCUT2D eigenvalue weighted by Crippen LogP contribution is 2.41. The van der Waals surface area contributed by atoms with E-state index in [2.05, 4.69) is 82.4 Å². The number of fused-ring (bicyclic) bond motifs is 1. The molecule has 0 radical (unpaired) electrons. The number of benzene rings is 2. The molecule has 29 heavy (non-hydrogen) atoms. The molecule has 3 rings (SSSR count). The Morgan fingerprint density at radius 1 is 1.00 bits per heavy atom. The first-order valence-corrected chi connectivity index (χ1v) is 14.0. The van der Waals surface area contributed by atoms with E-state index in [0.717, 1.165) is 50.7 Å². The van der Waals surface area contributed by atoms with Gasteiger partial charge in [0.25, 0.3) is 0 Å². The summed E-state index contributed by atoms with van der Waals surface area (Å²) in [6.07, 6.45) is 5.61. The number of hydrogen-bond donors (Lipinski definition) is 1. The maximum Gasteiger partial charge on any atom is 0.191 e. The topological polar surface area (TPSA) is 29.5 Å². The fraction of sp³-hybridized carbons (Fsp3) is 0.538. The van der Waals surface area contributed by atoms with Crippen molar-refractivity contribution in [1.82, 2.24) is 0 Å². The summed E-state index contributed by atoms with van der Waals surface area (Å²) >= 11 is 0. The van der Waals surface area contributed by atoms with Crippen LogP contribution in [-0.4, -0.2) is 20.0 Å². The monoisotopic (exact) mass is 410 g/mol. The van der Waals surface area contributed by atoms with Gasteiger partial charge in [-0.05, 0) is 78.9 Å². The molecular formula is C26H38O2Si. The number of hydrogen-bond acceptors (Lipinski definition) is 2. The molecule has 0 amide bonds. The van der Waals surface area contributed by atoms with Gasteiger partial charge in [-0.15, -0.1) is 0 Å². The van der Waals surface area contributed by atoms with Crippen LogP contribution in [0.5, 0.6) is 0 Å². The van der Waals surface area contributed by atoms with E-state index in [1.165, 1.54) is 16.7 Å². The molecule has 0 saturated heterocycles. The minimum Gasteiger partial charge on any atom is -0.417 e. The van der Waals surface area contributed by atoms with E-state index in [1.54, 1.807) is 0 Å². The molecule has 0 aromatic heterocycles. The summed E-state index contributed by atoms with van der Waals surface area (Å²) in [4.78, 5) is 0. The molecule has 1 atom stereocenters. The van der Waals surface area contributed by atoms with Crippen LogP contribution in [0.2, 0.25) is 18.1 Å². The molecule has 1 aliphatic rings. The zero-order chi connectivity index (χ0) is 21.1. The van der Waals surface area contributed by atoms with Gasteiger partial charge in [0.2, 0.25) is 0 Å². The molecule has 3 heteroatoms. The predicted molar refractivity (Wildman–Crippen MR) is 125 cm³/mol. The van der Waals surface area contributed by atoms with Gasteiger partial charge >= 0.3 is 0 Å². The van der Waals surface area contributed by atoms with Gasteiger partial charge in [0.1, 0.15) is 0 Å². The molecule has 0 bridgehead atoms. The highest BCUT2D eigenvalue weighted by Gasteiger charge is 2.38. The van der Waals surface area contributed by atoms with E-state index >= 15 is 0 Å². The molecule has 0 fully saturated rings. The third-order valence-electron chi connectivity index (χ3n) is 6.99. The van der Waals surface area contributed by atoms with Crippen molar-refractivity contribution >= 4 is 8.32 Å². The standard InChI is InChI=1S/C26H38O2Si/c1-25(2,3)29(4,5)28-18-10-9-16-26(27)17-15-23-14-13-22(20-24(23)26)19-21-11-7-6-8-12-21/h6-8,11-14,20,27H,9-10,15-19H2,1-5H3. The number of unbranched alkanes of at least 4 members (excludes halogenated alkanes) is 1. The maximum absolute atomic E-state index is 11.4. The molecule has 2 aromatic carbocycles. The van der Waals surface area contributed by atoms with Gasteiger partial charge in [-0.3, -0.25) is 0 Å². The van der Waals surface area contributed by atoms with Crippen molar-refractivity contribution in [2.24, 2.45) is 0 Å². The van der Waals surface area contributed by atoms with E-state index < -0.39 is 13.9 Å². The zero-order valence-corrected chi connectivity index (χ0v) is 19.9. The first kappa shape index (κ1) is 22.3. The third-order valence-corrected chi connectivity index (χ3v) is 11.5. The molecule has 1 N–H and O–H groups in total. The van der Waals surface area contributed by atoms with E-state index in [0.29, 0.717) is 0 Å². The van der Waals surface area contributed by atoms with Gasteiger partial charge in [0, 0.05) is 6.61 Å². The molecule has 0 aliphatic heterocycles. The van der Waals surface area contributed by atoms with Crippen LogP contribution in [0.25, 0.3) is 0 Å². The predicted octanol–water partition coefficient (Wildman–Crippen LogP) is 6.60. The SMILES string of the molecule is CC(C)(C)[Si](C)(C)OCCCCC1(O)CCc2ccc(Cc3ccccc3)cc21. The molecule has 1 aliphatic carbocycles. The van der Waals surface area contributed by atoms with E-state index in [4.69, 9.17) is 4.43 Å². The highest BCUT2D eigenvalue weighted by atomic mass is 28.4. The van der Waals surface area contributed by atoms with Crippen LogP contribution < -0.4 is 0 Å². The molecule has 1 unspecified atom stereocenters. The average Bonchev–Trinajstić information content (AvgIpc) is 2.98. The van der Waals surface area contributed by atoms with Crippen molar-refractivity contribution in [3.05, 3.63) is 70.8 Å². The van der Waals surface area contributed by atoms with Crippen molar-refractivity contribution < 1.29 is 9.53 Å². The number of aryl methyl sites for hydroxylation is 1. The summed E-state index contributed by atoms with van der Waals surface area (Å²) in [5, 5.41) is 11.6. The Morgan fingerprint density at radius 3 is 2.41 bits per heavy atom. The largest absolute Gasteiger partial charge is 0.417 e. The third kappa shape index (κ3) is 5.39. The van der Waals surface area contributed by atoms with Crippen LogP contribution in [0.15, 0.2) is 48.5 Å². The van der Waals surface area contributed by atoms with E-state index in [1.807, 2.05) is 0 Å². The molecule has 0 saturated carbocycles. The first-order valence-electron chi connectivity index (χ1n) is 11.1. The molecule has 158 valence electrons. The minimum atomic E-state index is -1.67. The summed E-state index contributed by atoms with van der Waals surface area (Å²) in [5.41, 5.74) is 4.42. The van der Waals surface area contributed by atoms with Crippen molar-refractivity contribution in [3.8, 4) is 0 Å². The van der Waals surface area contributed by atoms with Gasteiger partial charge in [-0.2, -0.15) is 0 Å². The van der Waals surface area contributed by atoms with Crippen molar-refractivity contribution in [3.63, 3.8) is 0 Å². The molecule has 2 nitrogen and oxygen atoms in total. The van der Waals surface area contributed by atoms with Gasteiger partial charge < -0.3 is 9.53 Å². The normalized spacial score (nSPS) is 19.4. The van der Waals surface area contributed by atoms with E-state index in [9.17, 15) is 5.11 Å². The Labute approximate surface area is 178 Å². The quantitative estimate of drug-likeness (QED) is 0.392. The van der Waals surface area contributed by atoms with Gasteiger partial charge in [-0.1, -0.05) is 69.3 Å². The van der Waals surface area contributed by atoms with E-state index in [-0.39, 0.29) is 5.04 Å². The van der Waals surface area contributed by atoms with Crippen LogP contribution in [0.3, 0.4) is 0 Å². The molecule has 0 heterocycles. The lowest BCUT2D eigenvalue weighted by molar-refractivity contribution is 0.0258. The second-order valence-corrected chi connectivity index (χ2v) is 15.1. The lowest BCUT2D eigenvalue weighted by Crippen LogP contribution is -2.41. The minimum absolute atomic E-state index is 0.255.